The van der Waals surface area contributed by atoms with Crippen molar-refractivity contribution in [1.29, 1.82) is 5.26 Å². The number of H-pyrrole nitrogens is 1. The molecule has 104 valence electrons. The lowest BCUT2D eigenvalue weighted by molar-refractivity contribution is -0.130. The van der Waals surface area contributed by atoms with Crippen LogP contribution in [-0.2, 0) is 11.2 Å². The maximum absolute atomic E-state index is 12.2. The van der Waals surface area contributed by atoms with Crippen LogP contribution in [0.3, 0.4) is 0 Å². The lowest BCUT2D eigenvalue weighted by atomic mass is 10.1. The van der Waals surface area contributed by atoms with Crippen LogP contribution in [-0.4, -0.2) is 28.9 Å². The summed E-state index contributed by atoms with van der Waals surface area (Å²) in [5.74, 6) is 0.0363. The number of hydrogen-bond acceptors (Lipinski definition) is 2. The third-order valence-electron chi connectivity index (χ3n) is 3.71. The highest BCUT2D eigenvalue weighted by Gasteiger charge is 2.17. The van der Waals surface area contributed by atoms with E-state index < -0.39 is 0 Å². The van der Waals surface area contributed by atoms with Gasteiger partial charge in [0.15, 0.2) is 0 Å². The lowest BCUT2D eigenvalue weighted by Gasteiger charge is -2.22. The highest BCUT2D eigenvalue weighted by atomic mass is 16.2. The Kier molecular flexibility index (Phi) is 4.09. The largest absolute Gasteiger partial charge is 0.361 e. The van der Waals surface area contributed by atoms with Crippen molar-refractivity contribution in [3.63, 3.8) is 0 Å². The molecule has 1 aromatic carbocycles. The quantitative estimate of drug-likeness (QED) is 0.927. The molecule has 4 heteroatoms. The number of aromatic amines is 1. The van der Waals surface area contributed by atoms with E-state index in [0.717, 1.165) is 16.5 Å². The van der Waals surface area contributed by atoms with E-state index >= 15 is 0 Å². The molecule has 1 N–H and O–H groups in total. The molecule has 20 heavy (non-hydrogen) atoms. The Morgan fingerprint density at radius 2 is 2.25 bits per heavy atom. The highest BCUT2D eigenvalue weighted by molar-refractivity contribution is 5.89. The molecule has 1 unspecified atom stereocenters. The van der Waals surface area contributed by atoms with E-state index in [1.54, 1.807) is 11.9 Å². The third-order valence-corrected chi connectivity index (χ3v) is 3.71. The van der Waals surface area contributed by atoms with Gasteiger partial charge in [-0.15, -0.1) is 0 Å². The molecule has 0 fully saturated rings. The Bertz CT molecular complexity index is 666. The minimum absolute atomic E-state index is 0.0363. The molecule has 0 aliphatic heterocycles. The number of aromatic nitrogens is 1. The number of benzene rings is 1. The molecule has 0 radical (unpaired) electrons. The summed E-state index contributed by atoms with van der Waals surface area (Å²) in [5, 5.41) is 9.79. The molecular formula is C16H19N3O. The number of nitrogens with zero attached hydrogens (tertiary/aromatic N) is 2. The molecule has 1 heterocycles. The molecule has 2 rings (SSSR count). The van der Waals surface area contributed by atoms with E-state index in [-0.39, 0.29) is 11.9 Å². The summed E-state index contributed by atoms with van der Waals surface area (Å²) in [6.07, 6.45) is 2.61. The lowest BCUT2D eigenvalue weighted by Crippen LogP contribution is -2.35. The van der Waals surface area contributed by atoms with E-state index in [9.17, 15) is 4.79 Å². The molecule has 0 saturated carbocycles. The van der Waals surface area contributed by atoms with Crippen LogP contribution in [0.2, 0.25) is 0 Å². The fourth-order valence-electron chi connectivity index (χ4n) is 2.25. The molecular weight excluding hydrogens is 250 g/mol. The van der Waals surface area contributed by atoms with Crippen LogP contribution in [0.5, 0.6) is 0 Å². The first kappa shape index (κ1) is 14.1. The average Bonchev–Trinajstić information content (AvgIpc) is 2.80. The predicted octanol–water partition coefficient (Wildman–Crippen LogP) is 2.78. The van der Waals surface area contributed by atoms with E-state index in [4.69, 9.17) is 5.26 Å². The van der Waals surface area contributed by atoms with Crippen molar-refractivity contribution < 1.29 is 4.79 Å². The van der Waals surface area contributed by atoms with Gasteiger partial charge < -0.3 is 9.88 Å². The maximum atomic E-state index is 12.2. The number of fused-ring (bicyclic) bond motifs is 1. The Morgan fingerprint density at radius 3 is 2.95 bits per heavy atom. The van der Waals surface area contributed by atoms with Gasteiger partial charge in [-0.25, -0.2) is 0 Å². The summed E-state index contributed by atoms with van der Waals surface area (Å²) < 4.78 is 0. The Labute approximate surface area is 119 Å². The molecule has 1 amide bonds. The molecule has 0 aliphatic rings. The second kappa shape index (κ2) is 5.79. The van der Waals surface area contributed by atoms with Crippen LogP contribution in [0, 0.1) is 18.3 Å². The summed E-state index contributed by atoms with van der Waals surface area (Å²) in [4.78, 5) is 17.1. The summed E-state index contributed by atoms with van der Waals surface area (Å²) in [5.41, 5.74) is 3.25. The predicted molar refractivity (Wildman–Crippen MR) is 79.2 cm³/mol. The minimum atomic E-state index is -0.0556. The van der Waals surface area contributed by atoms with Gasteiger partial charge in [-0.05, 0) is 31.0 Å². The molecule has 0 saturated heterocycles. The highest BCUT2D eigenvalue weighted by Crippen LogP contribution is 2.20. The number of aryl methyl sites for hydroxylation is 1. The summed E-state index contributed by atoms with van der Waals surface area (Å²) >= 11 is 0. The van der Waals surface area contributed by atoms with Crippen LogP contribution in [0.1, 0.15) is 24.5 Å². The Morgan fingerprint density at radius 1 is 1.50 bits per heavy atom. The van der Waals surface area contributed by atoms with Crippen LogP contribution >= 0.6 is 0 Å². The van der Waals surface area contributed by atoms with E-state index in [0.29, 0.717) is 12.8 Å². The first-order valence-corrected chi connectivity index (χ1v) is 6.72. The van der Waals surface area contributed by atoms with Gasteiger partial charge >= 0.3 is 0 Å². The number of hydrogen-bond donors (Lipinski definition) is 1. The molecule has 0 bridgehead atoms. The van der Waals surface area contributed by atoms with Crippen molar-refractivity contribution in [2.45, 2.75) is 32.7 Å². The second-order valence-corrected chi connectivity index (χ2v) is 5.26. The normalized spacial score (nSPS) is 12.1. The first-order valence-electron chi connectivity index (χ1n) is 6.72. The number of carbonyl (C=O) groups excluding carboxylic acids is 1. The van der Waals surface area contributed by atoms with Gasteiger partial charge in [0, 0.05) is 30.2 Å². The number of nitriles is 1. The molecule has 0 aliphatic carbocycles. The van der Waals surface area contributed by atoms with Crippen molar-refractivity contribution in [3.8, 4) is 6.07 Å². The zero-order valence-corrected chi connectivity index (χ0v) is 12.1. The van der Waals surface area contributed by atoms with Crippen molar-refractivity contribution in [3.05, 3.63) is 35.5 Å². The van der Waals surface area contributed by atoms with Gasteiger partial charge in [-0.3, -0.25) is 4.79 Å². The fourth-order valence-corrected chi connectivity index (χ4v) is 2.25. The van der Waals surface area contributed by atoms with Crippen LogP contribution in [0.25, 0.3) is 10.9 Å². The van der Waals surface area contributed by atoms with Gasteiger partial charge in [-0.1, -0.05) is 12.1 Å². The Balaban J connectivity index is 2.16. The third kappa shape index (κ3) is 2.83. The number of likely N-dealkylation sites (N-methyl/N-ethyl adjacent to an activating group) is 1. The van der Waals surface area contributed by atoms with Gasteiger partial charge in [-0.2, -0.15) is 5.26 Å². The molecule has 0 spiro atoms. The topological polar surface area (TPSA) is 59.9 Å². The van der Waals surface area contributed by atoms with E-state index in [1.807, 2.05) is 32.2 Å². The number of amides is 1. The van der Waals surface area contributed by atoms with Gasteiger partial charge in [0.25, 0.3) is 0 Å². The standard InChI is InChI=1S/C16H19N3O/c1-11-4-5-14-13(10-18-15(14)8-11)9-16(20)19(3)12(2)6-7-17/h4-5,8,10,12,18H,6,9H2,1-3H3. The fraction of sp³-hybridized carbons (Fsp3) is 0.375. The summed E-state index contributed by atoms with van der Waals surface area (Å²) in [7, 11) is 1.75. The summed E-state index contributed by atoms with van der Waals surface area (Å²) in [6.45, 7) is 3.93. The van der Waals surface area contributed by atoms with Crippen LogP contribution in [0.15, 0.2) is 24.4 Å². The number of carbonyl (C=O) groups is 1. The van der Waals surface area contributed by atoms with Gasteiger partial charge in [0.05, 0.1) is 18.9 Å². The number of nitrogens with one attached hydrogen (secondary N) is 1. The van der Waals surface area contributed by atoms with E-state index in [1.165, 1.54) is 5.56 Å². The van der Waals surface area contributed by atoms with Crippen molar-refractivity contribution >= 4 is 16.8 Å². The molecule has 2 aromatic rings. The Hall–Kier alpha value is -2.28. The number of rotatable bonds is 4. The smallest absolute Gasteiger partial charge is 0.227 e. The molecule has 1 atom stereocenters. The van der Waals surface area contributed by atoms with Gasteiger partial charge in [0.1, 0.15) is 0 Å². The molecule has 4 nitrogen and oxygen atoms in total. The van der Waals surface area contributed by atoms with Gasteiger partial charge in [0.2, 0.25) is 5.91 Å². The minimum Gasteiger partial charge on any atom is -0.361 e. The second-order valence-electron chi connectivity index (χ2n) is 5.26. The van der Waals surface area contributed by atoms with Crippen molar-refractivity contribution in [1.82, 2.24) is 9.88 Å². The SMILES string of the molecule is Cc1ccc2c(CC(=O)N(C)C(C)CC#N)c[nH]c2c1. The molecule has 1 aromatic heterocycles. The van der Waals surface area contributed by atoms with Crippen molar-refractivity contribution in [2.24, 2.45) is 0 Å². The van der Waals surface area contributed by atoms with Crippen molar-refractivity contribution in [2.75, 3.05) is 7.05 Å². The average molecular weight is 269 g/mol. The van der Waals surface area contributed by atoms with E-state index in [2.05, 4.69) is 17.1 Å². The van der Waals surface area contributed by atoms with Crippen LogP contribution < -0.4 is 0 Å². The van der Waals surface area contributed by atoms with Crippen LogP contribution in [0.4, 0.5) is 0 Å². The first-order chi connectivity index (χ1) is 9.52. The zero-order chi connectivity index (χ0) is 14.7. The summed E-state index contributed by atoms with van der Waals surface area (Å²) in [6, 6.07) is 8.21. The zero-order valence-electron chi connectivity index (χ0n) is 12.1. The maximum Gasteiger partial charge on any atom is 0.227 e. The monoisotopic (exact) mass is 269 g/mol.